The van der Waals surface area contributed by atoms with Crippen LogP contribution in [0.25, 0.3) is 0 Å². The van der Waals surface area contributed by atoms with Crippen molar-refractivity contribution in [3.05, 3.63) is 29.3 Å². The van der Waals surface area contributed by atoms with E-state index in [2.05, 4.69) is 56.2 Å². The Kier molecular flexibility index (Phi) is 4.28. The Morgan fingerprint density at radius 2 is 2.06 bits per heavy atom. The third kappa shape index (κ3) is 3.05. The molecule has 18 heavy (non-hydrogen) atoms. The summed E-state index contributed by atoms with van der Waals surface area (Å²) in [5.74, 6) is 0.766. The van der Waals surface area contributed by atoms with Gasteiger partial charge in [-0.05, 0) is 43.9 Å². The Balaban J connectivity index is 2.03. The Hall–Kier alpha value is -1.02. The summed E-state index contributed by atoms with van der Waals surface area (Å²) in [6.07, 6.45) is 2.44. The SMILES string of the molecule is CC(C)CC(C)N(C)Cc1cccc2c1NCC2. The van der Waals surface area contributed by atoms with Gasteiger partial charge < -0.3 is 5.32 Å². The van der Waals surface area contributed by atoms with Crippen LogP contribution in [0.4, 0.5) is 5.69 Å². The van der Waals surface area contributed by atoms with Crippen LogP contribution in [0.5, 0.6) is 0 Å². The van der Waals surface area contributed by atoms with Crippen molar-refractivity contribution < 1.29 is 0 Å². The van der Waals surface area contributed by atoms with E-state index in [0.29, 0.717) is 6.04 Å². The molecule has 0 saturated carbocycles. The number of fused-ring (bicyclic) bond motifs is 1. The van der Waals surface area contributed by atoms with E-state index < -0.39 is 0 Å². The molecule has 0 bridgehead atoms. The van der Waals surface area contributed by atoms with Crippen LogP contribution in [0.2, 0.25) is 0 Å². The molecule has 2 rings (SSSR count). The van der Waals surface area contributed by atoms with Crippen molar-refractivity contribution in [2.45, 2.75) is 46.2 Å². The third-order valence-electron chi connectivity index (χ3n) is 3.92. The molecule has 0 spiro atoms. The average molecular weight is 246 g/mol. The van der Waals surface area contributed by atoms with Gasteiger partial charge >= 0.3 is 0 Å². The number of rotatable bonds is 5. The highest BCUT2D eigenvalue weighted by Crippen LogP contribution is 2.27. The second kappa shape index (κ2) is 5.75. The van der Waals surface area contributed by atoms with E-state index in [1.165, 1.54) is 29.7 Å². The molecule has 1 aromatic carbocycles. The average Bonchev–Trinajstić information content (AvgIpc) is 2.77. The van der Waals surface area contributed by atoms with E-state index in [9.17, 15) is 0 Å². The zero-order valence-electron chi connectivity index (χ0n) is 12.2. The van der Waals surface area contributed by atoms with Crippen LogP contribution in [0.15, 0.2) is 18.2 Å². The zero-order valence-corrected chi connectivity index (χ0v) is 12.2. The topological polar surface area (TPSA) is 15.3 Å². The summed E-state index contributed by atoms with van der Waals surface area (Å²) in [4.78, 5) is 2.47. The normalized spacial score (nSPS) is 15.9. The summed E-state index contributed by atoms with van der Waals surface area (Å²) >= 11 is 0. The van der Waals surface area contributed by atoms with Crippen LogP contribution >= 0.6 is 0 Å². The number of hydrogen-bond acceptors (Lipinski definition) is 2. The van der Waals surface area contributed by atoms with Crippen LogP contribution in [0.1, 0.15) is 38.3 Å². The third-order valence-corrected chi connectivity index (χ3v) is 3.92. The molecular weight excluding hydrogens is 220 g/mol. The first-order valence-corrected chi connectivity index (χ1v) is 7.12. The Bertz CT molecular complexity index is 398. The molecule has 1 unspecified atom stereocenters. The summed E-state index contributed by atoms with van der Waals surface area (Å²) in [6.45, 7) is 9.07. The molecule has 100 valence electrons. The predicted octanol–water partition coefficient (Wildman–Crippen LogP) is 3.52. The van der Waals surface area contributed by atoms with Gasteiger partial charge in [0.15, 0.2) is 0 Å². The van der Waals surface area contributed by atoms with Gasteiger partial charge in [-0.15, -0.1) is 0 Å². The first kappa shape index (κ1) is 13.4. The van der Waals surface area contributed by atoms with Crippen molar-refractivity contribution in [1.82, 2.24) is 4.90 Å². The zero-order chi connectivity index (χ0) is 13.1. The number of anilines is 1. The lowest BCUT2D eigenvalue weighted by atomic mass is 10.0. The van der Waals surface area contributed by atoms with Crippen LogP contribution in [-0.4, -0.2) is 24.5 Å². The highest BCUT2D eigenvalue weighted by Gasteiger charge is 2.17. The summed E-state index contributed by atoms with van der Waals surface area (Å²) in [5, 5.41) is 3.53. The lowest BCUT2D eigenvalue weighted by Gasteiger charge is -2.27. The van der Waals surface area contributed by atoms with Crippen molar-refractivity contribution in [2.75, 3.05) is 18.9 Å². The van der Waals surface area contributed by atoms with Crippen LogP contribution in [0.3, 0.4) is 0 Å². The summed E-state index contributed by atoms with van der Waals surface area (Å²) in [6, 6.07) is 7.34. The van der Waals surface area contributed by atoms with Crippen molar-refractivity contribution in [2.24, 2.45) is 5.92 Å². The highest BCUT2D eigenvalue weighted by molar-refractivity contribution is 5.61. The standard InChI is InChI=1S/C16H26N2/c1-12(2)10-13(3)18(4)11-15-7-5-6-14-8-9-17-16(14)15/h5-7,12-13,17H,8-11H2,1-4H3. The van der Waals surface area contributed by atoms with Gasteiger partial charge in [-0.3, -0.25) is 4.90 Å². The summed E-state index contributed by atoms with van der Waals surface area (Å²) < 4.78 is 0. The molecule has 1 N–H and O–H groups in total. The van der Waals surface area contributed by atoms with E-state index >= 15 is 0 Å². The number of nitrogens with one attached hydrogen (secondary N) is 1. The number of hydrogen-bond donors (Lipinski definition) is 1. The van der Waals surface area contributed by atoms with Crippen LogP contribution in [0, 0.1) is 5.92 Å². The maximum Gasteiger partial charge on any atom is 0.0419 e. The molecule has 0 aromatic heterocycles. The van der Waals surface area contributed by atoms with Gasteiger partial charge in [0.05, 0.1) is 0 Å². The number of benzene rings is 1. The molecule has 1 aromatic rings. The Morgan fingerprint density at radius 1 is 1.28 bits per heavy atom. The molecule has 1 heterocycles. The molecule has 1 atom stereocenters. The summed E-state index contributed by atoms with van der Waals surface area (Å²) in [5.41, 5.74) is 4.32. The fraction of sp³-hybridized carbons (Fsp3) is 0.625. The molecule has 0 radical (unpaired) electrons. The van der Waals surface area contributed by atoms with E-state index in [4.69, 9.17) is 0 Å². The van der Waals surface area contributed by atoms with Gasteiger partial charge in [0.2, 0.25) is 0 Å². The predicted molar refractivity (Wildman–Crippen MR) is 79.0 cm³/mol. The Labute approximate surface area is 111 Å². The van der Waals surface area contributed by atoms with Gasteiger partial charge in [-0.25, -0.2) is 0 Å². The van der Waals surface area contributed by atoms with E-state index in [1.807, 2.05) is 0 Å². The maximum absolute atomic E-state index is 3.53. The van der Waals surface area contributed by atoms with E-state index in [-0.39, 0.29) is 0 Å². The lowest BCUT2D eigenvalue weighted by molar-refractivity contribution is 0.221. The minimum Gasteiger partial charge on any atom is -0.384 e. The highest BCUT2D eigenvalue weighted by atomic mass is 15.1. The largest absolute Gasteiger partial charge is 0.384 e. The van der Waals surface area contributed by atoms with E-state index in [0.717, 1.165) is 19.0 Å². The van der Waals surface area contributed by atoms with E-state index in [1.54, 1.807) is 0 Å². The van der Waals surface area contributed by atoms with Gasteiger partial charge in [-0.1, -0.05) is 32.0 Å². The molecule has 2 nitrogen and oxygen atoms in total. The molecule has 1 aliphatic heterocycles. The first-order chi connectivity index (χ1) is 8.58. The van der Waals surface area contributed by atoms with Crippen molar-refractivity contribution in [3.63, 3.8) is 0 Å². The van der Waals surface area contributed by atoms with Gasteiger partial charge in [0, 0.05) is 24.8 Å². The fourth-order valence-corrected chi connectivity index (χ4v) is 2.83. The first-order valence-electron chi connectivity index (χ1n) is 7.12. The maximum atomic E-state index is 3.53. The minimum atomic E-state index is 0.641. The molecule has 0 fully saturated rings. The van der Waals surface area contributed by atoms with Crippen molar-refractivity contribution >= 4 is 5.69 Å². The molecule has 1 aliphatic rings. The molecule has 0 saturated heterocycles. The van der Waals surface area contributed by atoms with Crippen molar-refractivity contribution in [3.8, 4) is 0 Å². The summed E-state index contributed by atoms with van der Waals surface area (Å²) in [7, 11) is 2.24. The van der Waals surface area contributed by atoms with Gasteiger partial charge in [0.25, 0.3) is 0 Å². The quantitative estimate of drug-likeness (QED) is 0.855. The second-order valence-electron chi connectivity index (χ2n) is 6.02. The monoisotopic (exact) mass is 246 g/mol. The van der Waals surface area contributed by atoms with Gasteiger partial charge in [-0.2, -0.15) is 0 Å². The minimum absolute atomic E-state index is 0.641. The Morgan fingerprint density at radius 3 is 2.78 bits per heavy atom. The van der Waals surface area contributed by atoms with Crippen LogP contribution < -0.4 is 5.32 Å². The van der Waals surface area contributed by atoms with Gasteiger partial charge in [0.1, 0.15) is 0 Å². The molecule has 0 aliphatic carbocycles. The van der Waals surface area contributed by atoms with Crippen molar-refractivity contribution in [1.29, 1.82) is 0 Å². The fourth-order valence-electron chi connectivity index (χ4n) is 2.83. The number of para-hydroxylation sites is 1. The second-order valence-corrected chi connectivity index (χ2v) is 6.02. The molecular formula is C16H26N2. The van der Waals surface area contributed by atoms with Crippen LogP contribution in [-0.2, 0) is 13.0 Å². The lowest BCUT2D eigenvalue weighted by Crippen LogP contribution is -2.30. The molecule has 0 amide bonds. The smallest absolute Gasteiger partial charge is 0.0419 e. The molecule has 2 heteroatoms. The number of nitrogens with zero attached hydrogens (tertiary/aromatic N) is 1.